The Morgan fingerprint density at radius 2 is 0.625 bits per heavy atom. The van der Waals surface area contributed by atoms with Crippen LogP contribution in [0.5, 0.6) is 0 Å². The summed E-state index contributed by atoms with van der Waals surface area (Å²) in [7, 11) is 0. The van der Waals surface area contributed by atoms with Crippen molar-refractivity contribution in [2.75, 3.05) is 9.80 Å². The van der Waals surface area contributed by atoms with Crippen molar-refractivity contribution in [3.8, 4) is 22.3 Å². The molecule has 444 valence electrons. The predicted octanol–water partition coefficient (Wildman–Crippen LogP) is 24.3. The van der Waals surface area contributed by atoms with E-state index < -0.39 is 0 Å². The van der Waals surface area contributed by atoms with Crippen molar-refractivity contribution < 1.29 is 0 Å². The molecular weight excluding hydrogens is 1170 g/mol. The zero-order valence-corrected chi connectivity index (χ0v) is 51.9. The van der Waals surface area contributed by atoms with Gasteiger partial charge in [-0.1, -0.05) is 224 Å². The predicted molar refractivity (Wildman–Crippen MR) is 404 cm³/mol. The van der Waals surface area contributed by atoms with E-state index in [4.69, 9.17) is 0 Å². The van der Waals surface area contributed by atoms with Gasteiger partial charge in [0.25, 0.3) is 0 Å². The standard InChI is InChI=1S/C90H54N6/c1-5-25-53(26-6-1)79-83-65-39-21-37-63-82-76(92(56-31-11-4-12-32-56)58-51-69-61-35-15-19-43-73(61)94-74-44-20-16-36-62(74)70(52-58)88(69)94)46-24-48-78(82)96(85(63)65)90(83)80(54-27-7-2-8-28-54)84-66-40-22-38-64-81-75(45-23-47-77(81)95(86(64)66)89(79)84)91(55-29-9-3-10-30-55)57-49-67-59-33-13-17-41-71(59)93-72-42-18-14-34-60(72)68(50-57)87(67)93/h1-52,59,71H. The van der Waals surface area contributed by atoms with Gasteiger partial charge in [-0.15, -0.1) is 0 Å². The minimum absolute atomic E-state index is 0.220. The van der Waals surface area contributed by atoms with E-state index >= 15 is 0 Å². The van der Waals surface area contributed by atoms with Gasteiger partial charge in [0, 0.05) is 121 Å². The van der Waals surface area contributed by atoms with Crippen molar-refractivity contribution in [3.63, 3.8) is 0 Å². The lowest BCUT2D eigenvalue weighted by molar-refractivity contribution is 0.615. The maximum absolute atomic E-state index is 2.66. The molecule has 2 unspecified atom stereocenters. The molecule has 96 heavy (non-hydrogen) atoms. The zero-order chi connectivity index (χ0) is 62.2. The fourth-order valence-corrected chi connectivity index (χ4v) is 18.4. The van der Waals surface area contributed by atoms with Crippen LogP contribution in [0.2, 0.25) is 0 Å². The number of hydrogen-bond acceptors (Lipinski definition) is 2. The van der Waals surface area contributed by atoms with Crippen LogP contribution < -0.4 is 9.80 Å². The Morgan fingerprint density at radius 1 is 0.250 bits per heavy atom. The summed E-state index contributed by atoms with van der Waals surface area (Å²) in [6, 6.07) is 110. The molecule has 0 bridgehead atoms. The second-order valence-corrected chi connectivity index (χ2v) is 26.6. The lowest BCUT2D eigenvalue weighted by Crippen LogP contribution is -2.11. The molecule has 21 aromatic rings. The Hall–Kier alpha value is -12.6. The summed E-state index contributed by atoms with van der Waals surface area (Å²) in [5.41, 5.74) is 26.5. The van der Waals surface area contributed by atoms with Crippen LogP contribution in [0.3, 0.4) is 0 Å². The molecule has 6 heteroatoms. The molecular formula is C90H54N6. The lowest BCUT2D eigenvalue weighted by Gasteiger charge is -2.28. The number of benzene rings is 14. The third-order valence-corrected chi connectivity index (χ3v) is 21.9. The molecule has 2 atom stereocenters. The second kappa shape index (κ2) is 18.6. The van der Waals surface area contributed by atoms with E-state index in [0.717, 1.165) is 39.6 Å². The highest BCUT2D eigenvalue weighted by Crippen LogP contribution is 2.58. The van der Waals surface area contributed by atoms with E-state index in [2.05, 4.69) is 343 Å². The number of rotatable bonds is 8. The van der Waals surface area contributed by atoms with Crippen molar-refractivity contribution in [1.29, 1.82) is 0 Å². The van der Waals surface area contributed by atoms with Crippen LogP contribution in [0, 0.1) is 0 Å². The summed E-state index contributed by atoms with van der Waals surface area (Å²) in [5, 5.41) is 17.4. The Kier molecular flexibility index (Phi) is 9.85. The first-order chi connectivity index (χ1) is 47.7. The van der Waals surface area contributed by atoms with Crippen molar-refractivity contribution in [2.45, 2.75) is 12.0 Å². The third kappa shape index (κ3) is 6.36. The third-order valence-electron chi connectivity index (χ3n) is 21.9. The van der Waals surface area contributed by atoms with Gasteiger partial charge in [-0.25, -0.2) is 0 Å². The Balaban J connectivity index is 0.836. The van der Waals surface area contributed by atoms with E-state index in [1.54, 1.807) is 0 Å². The van der Waals surface area contributed by atoms with Crippen LogP contribution in [0.1, 0.15) is 17.5 Å². The minimum Gasteiger partial charge on any atom is -0.332 e. The average Bonchev–Trinajstić information content (AvgIpc) is 1.50. The van der Waals surface area contributed by atoms with Crippen LogP contribution in [-0.2, 0) is 0 Å². The van der Waals surface area contributed by atoms with Gasteiger partial charge in [0.2, 0.25) is 0 Å². The highest BCUT2D eigenvalue weighted by atomic mass is 15.2. The number of anilines is 6. The molecule has 8 heterocycles. The van der Waals surface area contributed by atoms with Gasteiger partial charge in [-0.2, -0.15) is 0 Å². The van der Waals surface area contributed by atoms with E-state index in [1.807, 2.05) is 0 Å². The SMILES string of the molecule is C1=CC2c3cc(N(c4ccccc4)c4cccc5c4c4cccc6c7c(-c8ccccc8)c8c(c(-c9ccccc9)c7n5c46)c4cccc5c6c(N(c7ccccc7)c7cc9c%10ccccc%10n%10c%11ccccc%11c(c7)c9%10)cccc6n8c54)cc4c5ccccc5n(c34)C2C=C1. The van der Waals surface area contributed by atoms with Crippen LogP contribution in [0.15, 0.2) is 315 Å². The molecule has 23 rings (SSSR count). The summed E-state index contributed by atoms with van der Waals surface area (Å²) >= 11 is 0. The first-order valence-electron chi connectivity index (χ1n) is 33.5. The minimum atomic E-state index is 0.220. The molecule has 0 fully saturated rings. The van der Waals surface area contributed by atoms with Gasteiger partial charge in [-0.05, 0) is 108 Å². The van der Waals surface area contributed by atoms with Gasteiger partial charge in [-0.3, -0.25) is 0 Å². The summed E-state index contributed by atoms with van der Waals surface area (Å²) in [6.07, 6.45) is 9.27. The van der Waals surface area contributed by atoms with Crippen LogP contribution >= 0.6 is 0 Å². The molecule has 2 aliphatic rings. The van der Waals surface area contributed by atoms with Gasteiger partial charge in [0.1, 0.15) is 0 Å². The number of aromatic nitrogens is 4. The van der Waals surface area contributed by atoms with E-state index in [-0.39, 0.29) is 12.0 Å². The molecule has 0 N–H and O–H groups in total. The lowest BCUT2D eigenvalue weighted by atomic mass is 9.89. The highest BCUT2D eigenvalue weighted by Gasteiger charge is 2.37. The highest BCUT2D eigenvalue weighted by molar-refractivity contribution is 6.39. The first-order valence-corrected chi connectivity index (χ1v) is 33.5. The first kappa shape index (κ1) is 50.9. The fraction of sp³-hybridized carbons (Fsp3) is 0.0222. The normalized spacial score (nSPS) is 14.8. The molecule has 6 nitrogen and oxygen atoms in total. The molecule has 0 saturated heterocycles. The molecule has 1 aliphatic heterocycles. The molecule has 14 aromatic carbocycles. The second-order valence-electron chi connectivity index (χ2n) is 26.6. The van der Waals surface area contributed by atoms with Gasteiger partial charge in [0.15, 0.2) is 0 Å². The molecule has 1 aliphatic carbocycles. The zero-order valence-electron chi connectivity index (χ0n) is 51.9. The van der Waals surface area contributed by atoms with Gasteiger partial charge >= 0.3 is 0 Å². The van der Waals surface area contributed by atoms with Crippen LogP contribution in [0.4, 0.5) is 34.1 Å². The topological polar surface area (TPSA) is 24.6 Å². The summed E-state index contributed by atoms with van der Waals surface area (Å²) in [6.45, 7) is 0. The van der Waals surface area contributed by atoms with Crippen molar-refractivity contribution in [1.82, 2.24) is 17.8 Å². The quantitative estimate of drug-likeness (QED) is 0.151. The smallest absolute Gasteiger partial charge is 0.0634 e. The van der Waals surface area contributed by atoms with Crippen LogP contribution in [0.25, 0.3) is 158 Å². The average molecular weight is 1220 g/mol. The number of nitrogens with zero attached hydrogens (tertiary/aromatic N) is 6. The van der Waals surface area contributed by atoms with E-state index in [9.17, 15) is 0 Å². The van der Waals surface area contributed by atoms with Gasteiger partial charge in [0.05, 0.1) is 72.6 Å². The Morgan fingerprint density at radius 3 is 1.14 bits per heavy atom. The maximum atomic E-state index is 2.66. The van der Waals surface area contributed by atoms with Crippen molar-refractivity contribution >= 4 is 170 Å². The molecule has 0 spiro atoms. The molecule has 0 saturated carbocycles. The van der Waals surface area contributed by atoms with Crippen molar-refractivity contribution in [3.05, 3.63) is 321 Å². The molecule has 7 aromatic heterocycles. The largest absolute Gasteiger partial charge is 0.332 e. The monoisotopic (exact) mass is 1220 g/mol. The number of hydrogen-bond donors (Lipinski definition) is 0. The molecule has 0 radical (unpaired) electrons. The van der Waals surface area contributed by atoms with E-state index in [1.165, 1.54) is 158 Å². The number of para-hydroxylation sites is 7. The van der Waals surface area contributed by atoms with Crippen molar-refractivity contribution in [2.24, 2.45) is 0 Å². The van der Waals surface area contributed by atoms with Gasteiger partial charge < -0.3 is 27.6 Å². The maximum Gasteiger partial charge on any atom is 0.0634 e. The number of allylic oxidation sites excluding steroid dienone is 4. The molecule has 0 amide bonds. The van der Waals surface area contributed by atoms with E-state index in [0.29, 0.717) is 0 Å². The Bertz CT molecular complexity index is 6860. The summed E-state index contributed by atoms with van der Waals surface area (Å²) in [5.74, 6) is 0.230. The summed E-state index contributed by atoms with van der Waals surface area (Å²) < 4.78 is 10.4. The Labute approximate surface area is 549 Å². The number of fused-ring (bicyclic) bond motifs is 24. The van der Waals surface area contributed by atoms with Crippen LogP contribution in [-0.4, -0.2) is 17.8 Å². The fourth-order valence-electron chi connectivity index (χ4n) is 18.4. The summed E-state index contributed by atoms with van der Waals surface area (Å²) in [4.78, 5) is 5.08.